The van der Waals surface area contributed by atoms with Gasteiger partial charge in [-0.2, -0.15) is 0 Å². The summed E-state index contributed by atoms with van der Waals surface area (Å²) in [5, 5.41) is 2.59. The molecule has 0 spiro atoms. The van der Waals surface area contributed by atoms with Gasteiger partial charge in [0.15, 0.2) is 11.5 Å². The average molecular weight is 223 g/mol. The van der Waals surface area contributed by atoms with Gasteiger partial charge < -0.3 is 14.8 Å². The molecular formula is C12H17NO3. The van der Waals surface area contributed by atoms with Gasteiger partial charge in [-0.25, -0.2) is 0 Å². The molecule has 0 bridgehead atoms. The van der Waals surface area contributed by atoms with Crippen LogP contribution in [0.15, 0.2) is 18.2 Å². The lowest BCUT2D eigenvalue weighted by Gasteiger charge is -2.09. The first-order valence-electron chi connectivity index (χ1n) is 5.12. The summed E-state index contributed by atoms with van der Waals surface area (Å²) in [5.74, 6) is 1.43. The number of rotatable bonds is 5. The Bertz CT molecular complexity index is 363. The van der Waals surface area contributed by atoms with Crippen LogP contribution in [0.4, 0.5) is 0 Å². The highest BCUT2D eigenvalue weighted by atomic mass is 16.5. The normalized spacial score (nSPS) is 9.69. The maximum absolute atomic E-state index is 11.1. The van der Waals surface area contributed by atoms with E-state index in [2.05, 4.69) is 5.32 Å². The van der Waals surface area contributed by atoms with Gasteiger partial charge in [-0.3, -0.25) is 4.79 Å². The van der Waals surface area contributed by atoms with Gasteiger partial charge in [0.1, 0.15) is 0 Å². The van der Waals surface area contributed by atoms with Crippen molar-refractivity contribution in [3.63, 3.8) is 0 Å². The summed E-state index contributed by atoms with van der Waals surface area (Å²) in [5.41, 5.74) is 1.06. The number of hydrogen-bond acceptors (Lipinski definition) is 3. The Morgan fingerprint density at radius 2 is 1.94 bits per heavy atom. The molecule has 16 heavy (non-hydrogen) atoms. The molecular weight excluding hydrogens is 206 g/mol. The number of methoxy groups -OCH3 is 2. The number of carbonyl (C=O) groups excluding carboxylic acids is 1. The van der Waals surface area contributed by atoms with Gasteiger partial charge in [0, 0.05) is 13.5 Å². The molecule has 1 aromatic carbocycles. The fourth-order valence-electron chi connectivity index (χ4n) is 1.42. The fourth-order valence-corrected chi connectivity index (χ4v) is 1.42. The molecule has 88 valence electrons. The molecule has 0 radical (unpaired) electrons. The molecule has 0 heterocycles. The lowest BCUT2D eigenvalue weighted by Crippen LogP contribution is -2.17. The second kappa shape index (κ2) is 6.00. The van der Waals surface area contributed by atoms with E-state index in [1.807, 2.05) is 18.2 Å². The Balaban J connectivity index is 2.71. The topological polar surface area (TPSA) is 47.6 Å². The first-order chi connectivity index (χ1) is 7.71. The maximum Gasteiger partial charge on any atom is 0.220 e. The van der Waals surface area contributed by atoms with Crippen LogP contribution < -0.4 is 14.8 Å². The second-order valence-electron chi connectivity index (χ2n) is 3.36. The monoisotopic (exact) mass is 223 g/mol. The summed E-state index contributed by atoms with van der Waals surface area (Å²) in [6, 6.07) is 5.67. The Morgan fingerprint density at radius 1 is 1.25 bits per heavy atom. The third-order valence-electron chi connectivity index (χ3n) is 2.37. The van der Waals surface area contributed by atoms with Crippen molar-refractivity contribution in [2.75, 3.05) is 21.3 Å². The first kappa shape index (κ1) is 12.4. The van der Waals surface area contributed by atoms with E-state index in [1.54, 1.807) is 21.3 Å². The molecule has 0 aliphatic rings. The van der Waals surface area contributed by atoms with E-state index in [-0.39, 0.29) is 5.91 Å². The van der Waals surface area contributed by atoms with Crippen LogP contribution >= 0.6 is 0 Å². The number of aryl methyl sites for hydroxylation is 1. The molecule has 1 N–H and O–H groups in total. The van der Waals surface area contributed by atoms with E-state index in [0.29, 0.717) is 24.3 Å². The van der Waals surface area contributed by atoms with Crippen LogP contribution in [0.5, 0.6) is 11.5 Å². The van der Waals surface area contributed by atoms with E-state index in [9.17, 15) is 4.79 Å². The Labute approximate surface area is 95.6 Å². The second-order valence-corrected chi connectivity index (χ2v) is 3.36. The van der Waals surface area contributed by atoms with Gasteiger partial charge in [-0.05, 0) is 24.1 Å². The zero-order chi connectivity index (χ0) is 12.0. The minimum absolute atomic E-state index is 0.0368. The number of ether oxygens (including phenoxy) is 2. The third-order valence-corrected chi connectivity index (χ3v) is 2.37. The average Bonchev–Trinajstić information content (AvgIpc) is 2.35. The molecule has 0 fully saturated rings. The summed E-state index contributed by atoms with van der Waals surface area (Å²) < 4.78 is 10.3. The van der Waals surface area contributed by atoms with Crippen LogP contribution in [-0.4, -0.2) is 27.2 Å². The van der Waals surface area contributed by atoms with Gasteiger partial charge >= 0.3 is 0 Å². The SMILES string of the molecule is CNC(=O)CCc1ccc(OC)c(OC)c1. The lowest BCUT2D eigenvalue weighted by molar-refractivity contribution is -0.120. The zero-order valence-electron chi connectivity index (χ0n) is 9.87. The molecule has 1 rings (SSSR count). The highest BCUT2D eigenvalue weighted by Crippen LogP contribution is 2.27. The number of benzene rings is 1. The molecule has 0 saturated heterocycles. The van der Waals surface area contributed by atoms with Crippen LogP contribution in [0, 0.1) is 0 Å². The summed E-state index contributed by atoms with van der Waals surface area (Å²) in [6.45, 7) is 0. The van der Waals surface area contributed by atoms with E-state index in [4.69, 9.17) is 9.47 Å². The molecule has 1 aromatic rings. The fraction of sp³-hybridized carbons (Fsp3) is 0.417. The summed E-state index contributed by atoms with van der Waals surface area (Å²) in [7, 11) is 4.83. The highest BCUT2D eigenvalue weighted by Gasteiger charge is 2.05. The van der Waals surface area contributed by atoms with Gasteiger partial charge in [-0.1, -0.05) is 6.07 Å². The van der Waals surface area contributed by atoms with Crippen LogP contribution in [0.25, 0.3) is 0 Å². The van der Waals surface area contributed by atoms with Crippen LogP contribution in [0.2, 0.25) is 0 Å². The smallest absolute Gasteiger partial charge is 0.220 e. The van der Waals surface area contributed by atoms with Crippen LogP contribution in [-0.2, 0) is 11.2 Å². The number of hydrogen-bond donors (Lipinski definition) is 1. The van der Waals surface area contributed by atoms with Crippen molar-refractivity contribution < 1.29 is 14.3 Å². The van der Waals surface area contributed by atoms with Gasteiger partial charge in [0.2, 0.25) is 5.91 Å². The van der Waals surface area contributed by atoms with Crippen molar-refractivity contribution in [3.05, 3.63) is 23.8 Å². The van der Waals surface area contributed by atoms with Gasteiger partial charge in [-0.15, -0.1) is 0 Å². The molecule has 0 saturated carbocycles. The highest BCUT2D eigenvalue weighted by molar-refractivity contribution is 5.75. The number of nitrogens with one attached hydrogen (secondary N) is 1. The number of carbonyl (C=O) groups is 1. The number of amides is 1. The predicted octanol–water partition coefficient (Wildman–Crippen LogP) is 1.38. The molecule has 0 aliphatic carbocycles. The largest absolute Gasteiger partial charge is 0.493 e. The van der Waals surface area contributed by atoms with E-state index >= 15 is 0 Å². The lowest BCUT2D eigenvalue weighted by atomic mass is 10.1. The Kier molecular flexibility index (Phi) is 4.64. The molecule has 0 aromatic heterocycles. The van der Waals surface area contributed by atoms with Gasteiger partial charge in [0.25, 0.3) is 0 Å². The standard InChI is InChI=1S/C12H17NO3/c1-13-12(14)7-5-9-4-6-10(15-2)11(8-9)16-3/h4,6,8H,5,7H2,1-3H3,(H,13,14). The van der Waals surface area contributed by atoms with Crippen LogP contribution in [0.1, 0.15) is 12.0 Å². The zero-order valence-corrected chi connectivity index (χ0v) is 9.87. The molecule has 4 heteroatoms. The Hall–Kier alpha value is -1.71. The van der Waals surface area contributed by atoms with Crippen molar-refractivity contribution in [2.45, 2.75) is 12.8 Å². The third kappa shape index (κ3) is 3.15. The van der Waals surface area contributed by atoms with E-state index in [0.717, 1.165) is 5.56 Å². The summed E-state index contributed by atoms with van der Waals surface area (Å²) in [4.78, 5) is 11.1. The first-order valence-corrected chi connectivity index (χ1v) is 5.12. The molecule has 0 aliphatic heterocycles. The molecule has 1 amide bonds. The van der Waals surface area contributed by atoms with E-state index < -0.39 is 0 Å². The summed E-state index contributed by atoms with van der Waals surface area (Å²) in [6.07, 6.45) is 1.17. The maximum atomic E-state index is 11.1. The van der Waals surface area contributed by atoms with Crippen molar-refractivity contribution in [1.29, 1.82) is 0 Å². The molecule has 0 unspecified atom stereocenters. The minimum atomic E-state index is 0.0368. The summed E-state index contributed by atoms with van der Waals surface area (Å²) >= 11 is 0. The van der Waals surface area contributed by atoms with Crippen molar-refractivity contribution in [1.82, 2.24) is 5.32 Å². The van der Waals surface area contributed by atoms with Gasteiger partial charge in [0.05, 0.1) is 14.2 Å². The van der Waals surface area contributed by atoms with Crippen molar-refractivity contribution in [3.8, 4) is 11.5 Å². The Morgan fingerprint density at radius 3 is 2.50 bits per heavy atom. The molecule has 4 nitrogen and oxygen atoms in total. The van der Waals surface area contributed by atoms with Crippen molar-refractivity contribution in [2.24, 2.45) is 0 Å². The van der Waals surface area contributed by atoms with Crippen molar-refractivity contribution >= 4 is 5.91 Å². The quantitative estimate of drug-likeness (QED) is 0.820. The predicted molar refractivity (Wildman–Crippen MR) is 61.9 cm³/mol. The molecule has 0 atom stereocenters. The minimum Gasteiger partial charge on any atom is -0.493 e. The van der Waals surface area contributed by atoms with Crippen LogP contribution in [0.3, 0.4) is 0 Å². The van der Waals surface area contributed by atoms with E-state index in [1.165, 1.54) is 0 Å².